The Labute approximate surface area is 134 Å². The van der Waals surface area contributed by atoms with Crippen molar-refractivity contribution in [3.63, 3.8) is 0 Å². The highest BCUT2D eigenvalue weighted by Crippen LogP contribution is 2.32. The summed E-state index contributed by atoms with van der Waals surface area (Å²) in [6.07, 6.45) is 5.46. The molecule has 1 N–H and O–H groups in total. The quantitative estimate of drug-likeness (QED) is 0.806. The molecule has 0 radical (unpaired) electrons. The van der Waals surface area contributed by atoms with Gasteiger partial charge in [-0.1, -0.05) is 44.4 Å². The average Bonchev–Trinajstić information content (AvgIpc) is 2.46. The largest absolute Gasteiger partial charge is 0.489 e. The van der Waals surface area contributed by atoms with Crippen LogP contribution >= 0.6 is 11.6 Å². The molecule has 0 heterocycles. The second-order valence-corrected chi connectivity index (χ2v) is 6.82. The fourth-order valence-electron chi connectivity index (χ4n) is 3.42. The van der Waals surface area contributed by atoms with Gasteiger partial charge >= 0.3 is 0 Å². The highest BCUT2D eigenvalue weighted by atomic mass is 35.5. The Morgan fingerprint density at radius 3 is 2.62 bits per heavy atom. The molecule has 0 amide bonds. The number of hydrogen-bond acceptors (Lipinski definition) is 2. The zero-order chi connectivity index (χ0) is 15.2. The zero-order valence-corrected chi connectivity index (χ0v) is 14.2. The predicted octanol–water partition coefficient (Wildman–Crippen LogP) is 4.91. The van der Waals surface area contributed by atoms with Gasteiger partial charge in [-0.3, -0.25) is 0 Å². The SMILES string of the molecule is CCNC(C1CCC(C)CC1)C(C)Oc1cccc(Cl)c1. The molecule has 2 rings (SSSR count). The highest BCUT2D eigenvalue weighted by molar-refractivity contribution is 6.30. The Kier molecular flexibility index (Phi) is 6.38. The lowest BCUT2D eigenvalue weighted by Gasteiger charge is -2.36. The number of rotatable bonds is 6. The molecule has 0 aliphatic heterocycles. The summed E-state index contributed by atoms with van der Waals surface area (Å²) in [7, 11) is 0. The van der Waals surface area contributed by atoms with Gasteiger partial charge in [0.1, 0.15) is 11.9 Å². The summed E-state index contributed by atoms with van der Waals surface area (Å²) in [5.74, 6) is 2.46. The summed E-state index contributed by atoms with van der Waals surface area (Å²) in [5.41, 5.74) is 0. The minimum atomic E-state index is 0.154. The first-order chi connectivity index (χ1) is 10.1. The molecule has 0 aromatic heterocycles. The molecule has 0 bridgehead atoms. The van der Waals surface area contributed by atoms with Crippen LogP contribution in [0.15, 0.2) is 24.3 Å². The summed E-state index contributed by atoms with van der Waals surface area (Å²) >= 11 is 6.04. The maximum Gasteiger partial charge on any atom is 0.121 e. The number of ether oxygens (including phenoxy) is 1. The van der Waals surface area contributed by atoms with Crippen molar-refractivity contribution < 1.29 is 4.74 Å². The molecule has 1 fully saturated rings. The van der Waals surface area contributed by atoms with E-state index in [9.17, 15) is 0 Å². The van der Waals surface area contributed by atoms with Crippen LogP contribution in [-0.4, -0.2) is 18.7 Å². The van der Waals surface area contributed by atoms with E-state index in [-0.39, 0.29) is 6.10 Å². The fourth-order valence-corrected chi connectivity index (χ4v) is 3.61. The molecule has 21 heavy (non-hydrogen) atoms. The third-order valence-corrected chi connectivity index (χ3v) is 4.87. The van der Waals surface area contributed by atoms with E-state index in [0.29, 0.717) is 6.04 Å². The van der Waals surface area contributed by atoms with Gasteiger partial charge in [-0.25, -0.2) is 0 Å². The molecule has 3 heteroatoms. The van der Waals surface area contributed by atoms with Gasteiger partial charge in [-0.15, -0.1) is 0 Å². The molecule has 1 aromatic carbocycles. The number of likely N-dealkylation sites (N-methyl/N-ethyl adjacent to an activating group) is 1. The maximum atomic E-state index is 6.14. The standard InChI is InChI=1S/C18H28ClNO/c1-4-20-18(15-10-8-13(2)9-11-15)14(3)21-17-7-5-6-16(19)12-17/h5-7,12-15,18,20H,4,8-11H2,1-3H3. The van der Waals surface area contributed by atoms with Crippen molar-refractivity contribution in [1.29, 1.82) is 0 Å². The van der Waals surface area contributed by atoms with E-state index in [0.717, 1.165) is 29.2 Å². The molecule has 2 nitrogen and oxygen atoms in total. The lowest BCUT2D eigenvalue weighted by Crippen LogP contribution is -2.47. The van der Waals surface area contributed by atoms with E-state index in [4.69, 9.17) is 16.3 Å². The molecule has 1 saturated carbocycles. The van der Waals surface area contributed by atoms with E-state index in [1.54, 1.807) is 0 Å². The molecule has 118 valence electrons. The molecule has 2 atom stereocenters. The Hall–Kier alpha value is -0.730. The summed E-state index contributed by atoms with van der Waals surface area (Å²) in [6.45, 7) is 7.70. The monoisotopic (exact) mass is 309 g/mol. The van der Waals surface area contributed by atoms with Gasteiger partial charge in [0.2, 0.25) is 0 Å². The smallest absolute Gasteiger partial charge is 0.121 e. The molecular formula is C18H28ClNO. The minimum absolute atomic E-state index is 0.154. The van der Waals surface area contributed by atoms with Crippen LogP contribution in [0.3, 0.4) is 0 Å². The second kappa shape index (κ2) is 8.05. The van der Waals surface area contributed by atoms with Gasteiger partial charge in [-0.05, 0) is 56.3 Å². The minimum Gasteiger partial charge on any atom is -0.489 e. The van der Waals surface area contributed by atoms with E-state index in [1.165, 1.54) is 25.7 Å². The average molecular weight is 310 g/mol. The Bertz CT molecular complexity index is 429. The van der Waals surface area contributed by atoms with E-state index < -0.39 is 0 Å². The molecule has 1 aliphatic rings. The third-order valence-electron chi connectivity index (χ3n) is 4.63. The van der Waals surface area contributed by atoms with Gasteiger partial charge in [0.25, 0.3) is 0 Å². The highest BCUT2D eigenvalue weighted by Gasteiger charge is 2.30. The third kappa shape index (κ3) is 4.89. The van der Waals surface area contributed by atoms with Gasteiger partial charge in [0.05, 0.1) is 0 Å². The van der Waals surface area contributed by atoms with Crippen molar-refractivity contribution >= 4 is 11.6 Å². The van der Waals surface area contributed by atoms with Crippen molar-refractivity contribution in [3.8, 4) is 5.75 Å². The molecular weight excluding hydrogens is 282 g/mol. The topological polar surface area (TPSA) is 21.3 Å². The summed E-state index contributed by atoms with van der Waals surface area (Å²) in [5, 5.41) is 4.37. The van der Waals surface area contributed by atoms with Crippen LogP contribution in [0.2, 0.25) is 5.02 Å². The predicted molar refractivity (Wildman–Crippen MR) is 90.1 cm³/mol. The van der Waals surface area contributed by atoms with Gasteiger partial charge in [-0.2, -0.15) is 0 Å². The van der Waals surface area contributed by atoms with Crippen LogP contribution < -0.4 is 10.1 Å². The number of halogens is 1. The molecule has 0 spiro atoms. The lowest BCUT2D eigenvalue weighted by atomic mass is 9.78. The lowest BCUT2D eigenvalue weighted by molar-refractivity contribution is 0.110. The van der Waals surface area contributed by atoms with Crippen molar-refractivity contribution in [1.82, 2.24) is 5.32 Å². The Balaban J connectivity index is 1.99. The first-order valence-electron chi connectivity index (χ1n) is 8.25. The van der Waals surface area contributed by atoms with Crippen LogP contribution in [0, 0.1) is 11.8 Å². The summed E-state index contributed by atoms with van der Waals surface area (Å²) in [4.78, 5) is 0. The van der Waals surface area contributed by atoms with Crippen molar-refractivity contribution in [2.75, 3.05) is 6.54 Å². The van der Waals surface area contributed by atoms with E-state index in [2.05, 4.69) is 26.1 Å². The first kappa shape index (κ1) is 16.6. The summed E-state index contributed by atoms with van der Waals surface area (Å²) < 4.78 is 6.14. The van der Waals surface area contributed by atoms with Crippen LogP contribution in [0.25, 0.3) is 0 Å². The van der Waals surface area contributed by atoms with Crippen LogP contribution in [0.1, 0.15) is 46.5 Å². The van der Waals surface area contributed by atoms with E-state index in [1.807, 2.05) is 24.3 Å². The van der Waals surface area contributed by atoms with Crippen LogP contribution in [0.4, 0.5) is 0 Å². The van der Waals surface area contributed by atoms with Crippen LogP contribution in [0.5, 0.6) is 5.75 Å². The van der Waals surface area contributed by atoms with Gasteiger partial charge < -0.3 is 10.1 Å². The molecule has 2 unspecified atom stereocenters. The number of nitrogens with one attached hydrogen (secondary N) is 1. The van der Waals surface area contributed by atoms with E-state index >= 15 is 0 Å². The molecule has 1 aliphatic carbocycles. The maximum absolute atomic E-state index is 6.14. The number of hydrogen-bond donors (Lipinski definition) is 1. The van der Waals surface area contributed by atoms with Gasteiger partial charge in [0.15, 0.2) is 0 Å². The number of benzene rings is 1. The Morgan fingerprint density at radius 2 is 2.00 bits per heavy atom. The fraction of sp³-hybridized carbons (Fsp3) is 0.667. The molecule has 1 aromatic rings. The first-order valence-corrected chi connectivity index (χ1v) is 8.63. The van der Waals surface area contributed by atoms with Crippen molar-refractivity contribution in [3.05, 3.63) is 29.3 Å². The second-order valence-electron chi connectivity index (χ2n) is 6.38. The molecule has 0 saturated heterocycles. The van der Waals surface area contributed by atoms with Crippen LogP contribution in [-0.2, 0) is 0 Å². The summed E-state index contributed by atoms with van der Waals surface area (Å²) in [6, 6.07) is 8.11. The zero-order valence-electron chi connectivity index (χ0n) is 13.4. The normalized spacial score (nSPS) is 25.3. The van der Waals surface area contributed by atoms with Crippen molar-refractivity contribution in [2.45, 2.75) is 58.6 Å². The van der Waals surface area contributed by atoms with Gasteiger partial charge in [0, 0.05) is 11.1 Å². The van der Waals surface area contributed by atoms with Crippen molar-refractivity contribution in [2.24, 2.45) is 11.8 Å². The Morgan fingerprint density at radius 1 is 1.29 bits per heavy atom.